The Kier molecular flexibility index (Phi) is 5.39. The van der Waals surface area contributed by atoms with E-state index in [0.29, 0.717) is 12.0 Å². The van der Waals surface area contributed by atoms with Crippen LogP contribution in [0.5, 0.6) is 5.75 Å². The number of nitrogens with two attached hydrogens (primary N) is 1. The first-order valence-electron chi connectivity index (χ1n) is 6.84. The van der Waals surface area contributed by atoms with E-state index in [1.54, 1.807) is 0 Å². The third-order valence-corrected chi connectivity index (χ3v) is 4.65. The van der Waals surface area contributed by atoms with Crippen LogP contribution in [0.1, 0.15) is 37.7 Å². The van der Waals surface area contributed by atoms with Crippen LogP contribution < -0.4 is 10.5 Å². The van der Waals surface area contributed by atoms with E-state index < -0.39 is 0 Å². The molecule has 0 aliphatic carbocycles. The summed E-state index contributed by atoms with van der Waals surface area (Å²) >= 11 is 2.00. The van der Waals surface area contributed by atoms with E-state index in [2.05, 4.69) is 31.2 Å². The number of rotatable bonds is 5. The highest BCUT2D eigenvalue weighted by Crippen LogP contribution is 2.31. The Labute approximate surface area is 114 Å². The Morgan fingerprint density at radius 3 is 3.00 bits per heavy atom. The zero-order chi connectivity index (χ0) is 12.8. The van der Waals surface area contributed by atoms with Crippen molar-refractivity contribution >= 4 is 11.8 Å². The molecule has 2 nitrogen and oxygen atoms in total. The summed E-state index contributed by atoms with van der Waals surface area (Å²) < 4.78 is 6.19. The van der Waals surface area contributed by atoms with E-state index in [9.17, 15) is 0 Å². The molecule has 2 N–H and O–H groups in total. The summed E-state index contributed by atoms with van der Waals surface area (Å²) in [5.74, 6) is 3.94. The van der Waals surface area contributed by atoms with Gasteiger partial charge >= 0.3 is 0 Å². The number of ether oxygens (including phenoxy) is 1. The fourth-order valence-corrected chi connectivity index (χ4v) is 3.42. The molecule has 1 aromatic rings. The zero-order valence-electron chi connectivity index (χ0n) is 11.1. The number of para-hydroxylation sites is 1. The predicted octanol–water partition coefficient (Wildman–Crippen LogP) is 3.41. The lowest BCUT2D eigenvalue weighted by molar-refractivity contribution is 0.208. The lowest BCUT2D eigenvalue weighted by Gasteiger charge is -2.25. The maximum Gasteiger partial charge on any atom is 0.123 e. The van der Waals surface area contributed by atoms with Crippen molar-refractivity contribution < 1.29 is 4.74 Å². The van der Waals surface area contributed by atoms with Crippen molar-refractivity contribution in [2.24, 2.45) is 5.73 Å². The molecule has 0 spiro atoms. The fraction of sp³-hybridized carbons (Fsp3) is 0.600. The molecule has 1 saturated heterocycles. The molecule has 18 heavy (non-hydrogen) atoms. The van der Waals surface area contributed by atoms with Crippen LogP contribution in [0.25, 0.3) is 0 Å². The smallest absolute Gasteiger partial charge is 0.123 e. The summed E-state index contributed by atoms with van der Waals surface area (Å²) in [5.41, 5.74) is 6.96. The molecule has 0 bridgehead atoms. The monoisotopic (exact) mass is 265 g/mol. The highest BCUT2D eigenvalue weighted by molar-refractivity contribution is 7.99. The molecule has 2 atom stereocenters. The number of hydrogen-bond donors (Lipinski definition) is 1. The fourth-order valence-electron chi connectivity index (χ4n) is 2.38. The molecule has 0 saturated carbocycles. The molecule has 3 heteroatoms. The van der Waals surface area contributed by atoms with Gasteiger partial charge < -0.3 is 10.5 Å². The average molecular weight is 265 g/mol. The van der Waals surface area contributed by atoms with Crippen LogP contribution in [0, 0.1) is 0 Å². The van der Waals surface area contributed by atoms with Gasteiger partial charge in [0.1, 0.15) is 11.9 Å². The van der Waals surface area contributed by atoms with E-state index in [-0.39, 0.29) is 0 Å². The summed E-state index contributed by atoms with van der Waals surface area (Å²) in [5, 5.41) is 0. The molecule has 100 valence electrons. The molecule has 0 aromatic heterocycles. The lowest BCUT2D eigenvalue weighted by atomic mass is 9.97. The van der Waals surface area contributed by atoms with Gasteiger partial charge in [-0.1, -0.05) is 25.1 Å². The van der Waals surface area contributed by atoms with Gasteiger partial charge in [0.25, 0.3) is 0 Å². The second kappa shape index (κ2) is 7.05. The highest BCUT2D eigenvalue weighted by Gasteiger charge is 2.18. The van der Waals surface area contributed by atoms with Gasteiger partial charge in [-0.25, -0.2) is 0 Å². The third-order valence-electron chi connectivity index (χ3n) is 3.46. The first-order valence-corrected chi connectivity index (χ1v) is 8.00. The topological polar surface area (TPSA) is 35.2 Å². The van der Waals surface area contributed by atoms with Gasteiger partial charge in [0, 0.05) is 5.75 Å². The van der Waals surface area contributed by atoms with Crippen molar-refractivity contribution in [2.45, 2.75) is 38.2 Å². The number of hydrogen-bond acceptors (Lipinski definition) is 3. The maximum atomic E-state index is 6.19. The molecule has 2 unspecified atom stereocenters. The van der Waals surface area contributed by atoms with Crippen LogP contribution in [0.4, 0.5) is 0 Å². The quantitative estimate of drug-likeness (QED) is 0.886. The molecule has 2 rings (SSSR count). The Hall–Kier alpha value is -0.670. The molecule has 1 aliphatic heterocycles. The molecular formula is C15H23NOS. The summed E-state index contributed by atoms with van der Waals surface area (Å²) in [6.45, 7) is 2.96. The van der Waals surface area contributed by atoms with Crippen LogP contribution in [-0.2, 0) is 0 Å². The minimum atomic E-state index is 0.384. The van der Waals surface area contributed by atoms with Gasteiger partial charge in [-0.2, -0.15) is 11.8 Å². The first kappa shape index (κ1) is 13.8. The predicted molar refractivity (Wildman–Crippen MR) is 79.5 cm³/mol. The SMILES string of the molecule is CC(CCN)c1ccccc1OC1CCCSC1. The van der Waals surface area contributed by atoms with Crippen molar-refractivity contribution in [1.29, 1.82) is 0 Å². The largest absolute Gasteiger partial charge is 0.489 e. The van der Waals surface area contributed by atoms with E-state index in [0.717, 1.165) is 24.5 Å². The van der Waals surface area contributed by atoms with Gasteiger partial charge in [-0.3, -0.25) is 0 Å². The Balaban J connectivity index is 2.06. The lowest BCUT2D eigenvalue weighted by Crippen LogP contribution is -2.24. The van der Waals surface area contributed by atoms with Crippen molar-refractivity contribution in [1.82, 2.24) is 0 Å². The average Bonchev–Trinajstić information content (AvgIpc) is 2.41. The first-order chi connectivity index (χ1) is 8.81. The highest BCUT2D eigenvalue weighted by atomic mass is 32.2. The van der Waals surface area contributed by atoms with Gasteiger partial charge in [0.2, 0.25) is 0 Å². The van der Waals surface area contributed by atoms with Crippen molar-refractivity contribution in [3.05, 3.63) is 29.8 Å². The van der Waals surface area contributed by atoms with Crippen LogP contribution in [0.2, 0.25) is 0 Å². The van der Waals surface area contributed by atoms with E-state index in [1.807, 2.05) is 11.8 Å². The van der Waals surface area contributed by atoms with Gasteiger partial charge in [0.05, 0.1) is 0 Å². The van der Waals surface area contributed by atoms with Crippen LogP contribution in [0.15, 0.2) is 24.3 Å². The molecule has 1 fully saturated rings. The van der Waals surface area contributed by atoms with Crippen LogP contribution in [-0.4, -0.2) is 24.2 Å². The maximum absolute atomic E-state index is 6.19. The van der Waals surface area contributed by atoms with Gasteiger partial charge in [-0.15, -0.1) is 0 Å². The molecular weight excluding hydrogens is 242 g/mol. The van der Waals surface area contributed by atoms with Crippen LogP contribution >= 0.6 is 11.8 Å². The molecule has 1 heterocycles. The van der Waals surface area contributed by atoms with Crippen molar-refractivity contribution in [2.75, 3.05) is 18.1 Å². The van der Waals surface area contributed by atoms with Crippen molar-refractivity contribution in [3.8, 4) is 5.75 Å². The van der Waals surface area contributed by atoms with Crippen LogP contribution in [0.3, 0.4) is 0 Å². The minimum Gasteiger partial charge on any atom is -0.489 e. The summed E-state index contributed by atoms with van der Waals surface area (Å²) in [7, 11) is 0. The standard InChI is InChI=1S/C15H23NOS/c1-12(8-9-16)14-6-2-3-7-15(14)17-13-5-4-10-18-11-13/h2-3,6-7,12-13H,4-5,8-11,16H2,1H3. The zero-order valence-corrected chi connectivity index (χ0v) is 11.9. The summed E-state index contributed by atoms with van der Waals surface area (Å²) in [4.78, 5) is 0. The number of benzene rings is 1. The van der Waals surface area contributed by atoms with Gasteiger partial charge in [0.15, 0.2) is 0 Å². The Bertz CT molecular complexity index is 363. The van der Waals surface area contributed by atoms with E-state index in [1.165, 1.54) is 24.2 Å². The third kappa shape index (κ3) is 3.66. The second-order valence-corrected chi connectivity index (χ2v) is 6.12. The molecule has 1 aromatic carbocycles. The molecule has 0 amide bonds. The summed E-state index contributed by atoms with van der Waals surface area (Å²) in [6, 6.07) is 8.42. The normalized spacial score (nSPS) is 21.6. The second-order valence-electron chi connectivity index (χ2n) is 4.97. The summed E-state index contributed by atoms with van der Waals surface area (Å²) in [6.07, 6.45) is 3.86. The van der Waals surface area contributed by atoms with E-state index >= 15 is 0 Å². The number of thioether (sulfide) groups is 1. The van der Waals surface area contributed by atoms with E-state index in [4.69, 9.17) is 10.5 Å². The molecule has 1 aliphatic rings. The Morgan fingerprint density at radius 2 is 2.28 bits per heavy atom. The molecule has 0 radical (unpaired) electrons. The Morgan fingerprint density at radius 1 is 1.44 bits per heavy atom. The van der Waals surface area contributed by atoms with Gasteiger partial charge in [-0.05, 0) is 49.1 Å². The minimum absolute atomic E-state index is 0.384. The van der Waals surface area contributed by atoms with Crippen molar-refractivity contribution in [3.63, 3.8) is 0 Å².